The van der Waals surface area contributed by atoms with Gasteiger partial charge in [-0.2, -0.15) is 0 Å². The van der Waals surface area contributed by atoms with Crippen LogP contribution in [0.25, 0.3) is 0 Å². The van der Waals surface area contributed by atoms with Gasteiger partial charge in [-0.25, -0.2) is 0 Å². The van der Waals surface area contributed by atoms with E-state index in [1.54, 1.807) is 10.4 Å². The van der Waals surface area contributed by atoms with Gasteiger partial charge in [-0.1, -0.05) is 13.8 Å². The van der Waals surface area contributed by atoms with Gasteiger partial charge in [0.25, 0.3) is 0 Å². The molecule has 3 unspecified atom stereocenters. The molecule has 1 saturated carbocycles. The molecule has 0 radical (unpaired) electrons. The van der Waals surface area contributed by atoms with E-state index in [9.17, 15) is 0 Å². The van der Waals surface area contributed by atoms with Crippen LogP contribution in [0.4, 0.5) is 0 Å². The van der Waals surface area contributed by atoms with E-state index in [0.29, 0.717) is 12.1 Å². The standard InChI is InChI=1S/C16H26N2S/c1-11(2)17-10-13-4-5-15(13)18-8-6-16-14(12(18)3)7-9-19-16/h7,9,11-13,15,17H,4-6,8,10H2,1-3H3. The lowest BCUT2D eigenvalue weighted by molar-refractivity contribution is 0.0266. The van der Waals surface area contributed by atoms with Crippen LogP contribution in [0.15, 0.2) is 11.4 Å². The monoisotopic (exact) mass is 278 g/mol. The molecular formula is C16H26N2S. The summed E-state index contributed by atoms with van der Waals surface area (Å²) in [5.41, 5.74) is 1.60. The highest BCUT2D eigenvalue weighted by molar-refractivity contribution is 7.10. The molecule has 3 atom stereocenters. The number of fused-ring (bicyclic) bond motifs is 1. The zero-order valence-corrected chi connectivity index (χ0v) is 13.2. The van der Waals surface area contributed by atoms with E-state index in [1.807, 2.05) is 11.3 Å². The molecule has 0 amide bonds. The van der Waals surface area contributed by atoms with Crippen molar-refractivity contribution in [3.63, 3.8) is 0 Å². The Morgan fingerprint density at radius 1 is 1.42 bits per heavy atom. The number of hydrogen-bond donors (Lipinski definition) is 1. The Morgan fingerprint density at radius 3 is 2.95 bits per heavy atom. The molecule has 3 rings (SSSR count). The third-order valence-electron chi connectivity index (χ3n) is 4.92. The molecule has 2 aliphatic rings. The van der Waals surface area contributed by atoms with Crippen molar-refractivity contribution < 1.29 is 0 Å². The van der Waals surface area contributed by atoms with Crippen LogP contribution in [0.5, 0.6) is 0 Å². The molecule has 19 heavy (non-hydrogen) atoms. The lowest BCUT2D eigenvalue weighted by Crippen LogP contribution is -2.53. The molecule has 1 aromatic heterocycles. The second-order valence-corrected chi connectivity index (χ2v) is 7.43. The molecule has 1 aliphatic carbocycles. The molecule has 2 heterocycles. The van der Waals surface area contributed by atoms with E-state index < -0.39 is 0 Å². The van der Waals surface area contributed by atoms with Gasteiger partial charge in [-0.05, 0) is 55.7 Å². The summed E-state index contributed by atoms with van der Waals surface area (Å²) in [5, 5.41) is 5.89. The van der Waals surface area contributed by atoms with Crippen LogP contribution in [0.3, 0.4) is 0 Å². The average Bonchev–Trinajstić information content (AvgIpc) is 2.80. The van der Waals surface area contributed by atoms with Crippen molar-refractivity contribution in [2.24, 2.45) is 5.92 Å². The molecule has 1 aromatic rings. The highest BCUT2D eigenvalue weighted by Crippen LogP contribution is 2.41. The Labute approximate surface area is 121 Å². The summed E-state index contributed by atoms with van der Waals surface area (Å²) >= 11 is 1.94. The number of rotatable bonds is 4. The molecule has 0 aromatic carbocycles. The predicted octanol–water partition coefficient (Wildman–Crippen LogP) is 3.44. The van der Waals surface area contributed by atoms with Crippen molar-refractivity contribution in [2.45, 2.75) is 58.2 Å². The Bertz CT molecular complexity index is 426. The second-order valence-electron chi connectivity index (χ2n) is 6.43. The van der Waals surface area contributed by atoms with Gasteiger partial charge in [0.15, 0.2) is 0 Å². The summed E-state index contributed by atoms with van der Waals surface area (Å²) in [4.78, 5) is 4.39. The Hall–Kier alpha value is -0.380. The normalized spacial score (nSPS) is 31.3. The molecule has 0 bridgehead atoms. The lowest BCUT2D eigenvalue weighted by Gasteiger charge is -2.49. The minimum Gasteiger partial charge on any atom is -0.314 e. The number of thiophene rings is 1. The Kier molecular flexibility index (Phi) is 3.97. The maximum Gasteiger partial charge on any atom is 0.0334 e. The third-order valence-corrected chi connectivity index (χ3v) is 5.91. The SMILES string of the molecule is CC(C)NCC1CCC1N1CCc2sccc2C1C. The Balaban J connectivity index is 1.64. The summed E-state index contributed by atoms with van der Waals surface area (Å²) in [7, 11) is 0. The fraction of sp³-hybridized carbons (Fsp3) is 0.750. The first kappa shape index (κ1) is 13.6. The molecule has 2 nitrogen and oxygen atoms in total. The minimum atomic E-state index is 0.614. The summed E-state index contributed by atoms with van der Waals surface area (Å²) < 4.78 is 0. The van der Waals surface area contributed by atoms with E-state index in [0.717, 1.165) is 12.0 Å². The molecule has 3 heteroatoms. The summed E-state index contributed by atoms with van der Waals surface area (Å²) in [6, 6.07) is 4.40. The largest absolute Gasteiger partial charge is 0.314 e. The van der Waals surface area contributed by atoms with Crippen molar-refractivity contribution in [3.05, 3.63) is 21.9 Å². The zero-order valence-electron chi connectivity index (χ0n) is 12.4. The predicted molar refractivity (Wildman–Crippen MR) is 82.8 cm³/mol. The smallest absolute Gasteiger partial charge is 0.0334 e. The summed E-state index contributed by atoms with van der Waals surface area (Å²) in [6.45, 7) is 9.35. The maximum atomic E-state index is 3.62. The van der Waals surface area contributed by atoms with Crippen LogP contribution < -0.4 is 5.32 Å². The van der Waals surface area contributed by atoms with E-state index in [2.05, 4.69) is 42.4 Å². The van der Waals surface area contributed by atoms with Crippen LogP contribution in [-0.4, -0.2) is 30.1 Å². The van der Waals surface area contributed by atoms with E-state index >= 15 is 0 Å². The van der Waals surface area contributed by atoms with Crippen molar-refractivity contribution in [1.82, 2.24) is 10.2 Å². The highest BCUT2D eigenvalue weighted by Gasteiger charge is 2.39. The number of nitrogens with zero attached hydrogens (tertiary/aromatic N) is 1. The van der Waals surface area contributed by atoms with Crippen LogP contribution in [-0.2, 0) is 6.42 Å². The first-order chi connectivity index (χ1) is 9.16. The van der Waals surface area contributed by atoms with Gasteiger partial charge in [0.05, 0.1) is 0 Å². The van der Waals surface area contributed by atoms with Gasteiger partial charge in [-0.3, -0.25) is 4.90 Å². The zero-order chi connectivity index (χ0) is 13.4. The van der Waals surface area contributed by atoms with E-state index in [4.69, 9.17) is 0 Å². The van der Waals surface area contributed by atoms with Gasteiger partial charge < -0.3 is 5.32 Å². The van der Waals surface area contributed by atoms with Gasteiger partial charge in [0.2, 0.25) is 0 Å². The van der Waals surface area contributed by atoms with E-state index in [-0.39, 0.29) is 0 Å². The first-order valence-electron chi connectivity index (χ1n) is 7.72. The average molecular weight is 278 g/mol. The maximum absolute atomic E-state index is 3.62. The molecule has 0 spiro atoms. The van der Waals surface area contributed by atoms with Crippen LogP contribution in [0.2, 0.25) is 0 Å². The van der Waals surface area contributed by atoms with Crippen LogP contribution >= 0.6 is 11.3 Å². The summed E-state index contributed by atoms with van der Waals surface area (Å²) in [5.74, 6) is 0.866. The van der Waals surface area contributed by atoms with Crippen molar-refractivity contribution in [2.75, 3.05) is 13.1 Å². The molecule has 1 N–H and O–H groups in total. The van der Waals surface area contributed by atoms with Gasteiger partial charge >= 0.3 is 0 Å². The minimum absolute atomic E-state index is 0.614. The third kappa shape index (κ3) is 2.61. The summed E-state index contributed by atoms with van der Waals surface area (Å²) in [6.07, 6.45) is 4.07. The molecule has 106 valence electrons. The highest BCUT2D eigenvalue weighted by atomic mass is 32.1. The second kappa shape index (κ2) is 5.55. The molecular weight excluding hydrogens is 252 g/mol. The van der Waals surface area contributed by atoms with Gasteiger partial charge in [0, 0.05) is 29.5 Å². The van der Waals surface area contributed by atoms with E-state index in [1.165, 1.54) is 32.4 Å². The van der Waals surface area contributed by atoms with Gasteiger partial charge in [-0.15, -0.1) is 11.3 Å². The number of nitrogens with one attached hydrogen (secondary N) is 1. The molecule has 0 saturated heterocycles. The molecule has 1 fully saturated rings. The quantitative estimate of drug-likeness (QED) is 0.907. The van der Waals surface area contributed by atoms with Gasteiger partial charge in [0.1, 0.15) is 0 Å². The fourth-order valence-corrected chi connectivity index (χ4v) is 4.56. The number of hydrogen-bond acceptors (Lipinski definition) is 3. The fourth-order valence-electron chi connectivity index (χ4n) is 3.60. The topological polar surface area (TPSA) is 15.3 Å². The van der Waals surface area contributed by atoms with Crippen LogP contribution in [0, 0.1) is 5.92 Å². The first-order valence-corrected chi connectivity index (χ1v) is 8.60. The molecule has 1 aliphatic heterocycles. The Morgan fingerprint density at radius 2 is 2.26 bits per heavy atom. The van der Waals surface area contributed by atoms with Crippen molar-refractivity contribution in [3.8, 4) is 0 Å². The van der Waals surface area contributed by atoms with Crippen molar-refractivity contribution in [1.29, 1.82) is 0 Å². The van der Waals surface area contributed by atoms with Crippen molar-refractivity contribution >= 4 is 11.3 Å². The van der Waals surface area contributed by atoms with Crippen LogP contribution in [0.1, 0.15) is 50.1 Å². The lowest BCUT2D eigenvalue weighted by atomic mass is 9.76.